The number of nitrogens with one attached hydrogen (secondary N) is 2. The normalized spacial score (nSPS) is 11.4. The Balaban J connectivity index is 1.52. The predicted molar refractivity (Wildman–Crippen MR) is 96.8 cm³/mol. The van der Waals surface area contributed by atoms with Crippen LogP contribution in [0.5, 0.6) is 5.75 Å². The highest BCUT2D eigenvalue weighted by Gasteiger charge is 2.08. The molecule has 2 aromatic heterocycles. The summed E-state index contributed by atoms with van der Waals surface area (Å²) in [5, 5.41) is 15.6. The fourth-order valence-electron chi connectivity index (χ4n) is 2.63. The van der Waals surface area contributed by atoms with E-state index in [2.05, 4.69) is 20.5 Å². The first-order valence-electron chi connectivity index (χ1n) is 7.70. The monoisotopic (exact) mass is 330 g/mol. The first kappa shape index (κ1) is 14.9. The third-order valence-corrected chi connectivity index (χ3v) is 3.86. The van der Waals surface area contributed by atoms with Gasteiger partial charge in [-0.05, 0) is 24.3 Å². The van der Waals surface area contributed by atoms with E-state index in [4.69, 9.17) is 0 Å². The van der Waals surface area contributed by atoms with E-state index in [1.54, 1.807) is 24.3 Å². The van der Waals surface area contributed by atoms with Crippen LogP contribution < -0.4 is 5.43 Å². The number of carbonyl (C=O) groups is 1. The molecule has 0 bridgehead atoms. The second-order valence-corrected chi connectivity index (χ2v) is 5.55. The van der Waals surface area contributed by atoms with Crippen molar-refractivity contribution in [2.45, 2.75) is 0 Å². The summed E-state index contributed by atoms with van der Waals surface area (Å²) in [6.45, 7) is 0. The molecule has 2 heterocycles. The quantitative estimate of drug-likeness (QED) is 0.398. The number of phenolic OH excluding ortho intramolecular Hbond substituents is 1. The van der Waals surface area contributed by atoms with Crippen LogP contribution in [0.4, 0.5) is 0 Å². The second-order valence-electron chi connectivity index (χ2n) is 5.55. The molecule has 4 aromatic rings. The molecule has 0 fully saturated rings. The molecule has 0 aliphatic rings. The van der Waals surface area contributed by atoms with Crippen molar-refractivity contribution < 1.29 is 9.90 Å². The van der Waals surface area contributed by atoms with E-state index in [0.717, 1.165) is 16.3 Å². The van der Waals surface area contributed by atoms with Gasteiger partial charge >= 0.3 is 0 Å². The van der Waals surface area contributed by atoms with Crippen LogP contribution in [0.1, 0.15) is 16.2 Å². The summed E-state index contributed by atoms with van der Waals surface area (Å²) in [7, 11) is 0. The van der Waals surface area contributed by atoms with E-state index >= 15 is 0 Å². The van der Waals surface area contributed by atoms with Gasteiger partial charge in [-0.3, -0.25) is 4.79 Å². The lowest BCUT2D eigenvalue weighted by molar-refractivity contribution is 0.0951. The molecule has 0 radical (unpaired) electrons. The number of aromatic amines is 1. The molecular weight excluding hydrogens is 316 g/mol. The van der Waals surface area contributed by atoms with Gasteiger partial charge in [0.2, 0.25) is 0 Å². The van der Waals surface area contributed by atoms with Gasteiger partial charge in [-0.25, -0.2) is 10.4 Å². The zero-order valence-corrected chi connectivity index (χ0v) is 13.1. The Kier molecular flexibility index (Phi) is 3.63. The lowest BCUT2D eigenvalue weighted by Crippen LogP contribution is -2.17. The van der Waals surface area contributed by atoms with Crippen LogP contribution in [-0.2, 0) is 0 Å². The molecule has 3 N–H and O–H groups in total. The number of benzene rings is 2. The summed E-state index contributed by atoms with van der Waals surface area (Å²) in [5.41, 5.74) is 4.82. The number of pyridine rings is 1. The number of rotatable bonds is 3. The van der Waals surface area contributed by atoms with Gasteiger partial charge in [0, 0.05) is 16.3 Å². The third-order valence-electron chi connectivity index (χ3n) is 3.86. The summed E-state index contributed by atoms with van der Waals surface area (Å²) < 4.78 is 0. The Morgan fingerprint density at radius 3 is 2.80 bits per heavy atom. The Morgan fingerprint density at radius 2 is 1.92 bits per heavy atom. The fraction of sp³-hybridized carbons (Fsp3) is 0. The highest BCUT2D eigenvalue weighted by Crippen LogP contribution is 2.21. The molecule has 6 heteroatoms. The van der Waals surface area contributed by atoms with Gasteiger partial charge < -0.3 is 10.1 Å². The minimum atomic E-state index is -0.337. The molecule has 6 nitrogen and oxygen atoms in total. The first-order valence-corrected chi connectivity index (χ1v) is 7.70. The van der Waals surface area contributed by atoms with Gasteiger partial charge in [-0.15, -0.1) is 0 Å². The molecule has 25 heavy (non-hydrogen) atoms. The lowest BCUT2D eigenvalue weighted by Gasteiger charge is -2.01. The highest BCUT2D eigenvalue weighted by molar-refractivity contribution is 5.98. The average Bonchev–Trinajstić information content (AvgIpc) is 3.06. The Hall–Kier alpha value is -3.67. The smallest absolute Gasteiger partial charge is 0.287 e. The SMILES string of the molecule is O=C(NN=Cc1ccc2cccc(O)c2n1)c1cc2ccccc2[nH]1. The summed E-state index contributed by atoms with van der Waals surface area (Å²) >= 11 is 0. The minimum absolute atomic E-state index is 0.106. The molecular formula is C19H14N4O2. The van der Waals surface area contributed by atoms with Crippen molar-refractivity contribution in [1.82, 2.24) is 15.4 Å². The number of hydrogen-bond donors (Lipinski definition) is 3. The van der Waals surface area contributed by atoms with Crippen molar-refractivity contribution >= 4 is 33.9 Å². The molecule has 0 unspecified atom stereocenters. The van der Waals surface area contributed by atoms with Crippen LogP contribution in [0.25, 0.3) is 21.8 Å². The zero-order valence-electron chi connectivity index (χ0n) is 13.1. The van der Waals surface area contributed by atoms with Gasteiger partial charge in [0.05, 0.1) is 11.9 Å². The maximum Gasteiger partial charge on any atom is 0.287 e. The number of amides is 1. The molecule has 0 atom stereocenters. The van der Waals surface area contributed by atoms with E-state index in [1.165, 1.54) is 6.21 Å². The van der Waals surface area contributed by atoms with E-state index < -0.39 is 0 Å². The van der Waals surface area contributed by atoms with Crippen LogP contribution in [0.2, 0.25) is 0 Å². The maximum atomic E-state index is 12.2. The van der Waals surface area contributed by atoms with Gasteiger partial charge in [-0.2, -0.15) is 5.10 Å². The number of hydrazone groups is 1. The molecule has 0 aliphatic heterocycles. The van der Waals surface area contributed by atoms with E-state index in [-0.39, 0.29) is 11.7 Å². The summed E-state index contributed by atoms with van der Waals surface area (Å²) in [5.74, 6) is -0.231. The Morgan fingerprint density at radius 1 is 1.08 bits per heavy atom. The van der Waals surface area contributed by atoms with Gasteiger partial charge in [0.1, 0.15) is 17.0 Å². The molecule has 4 rings (SSSR count). The van der Waals surface area contributed by atoms with Crippen molar-refractivity contribution in [2.24, 2.45) is 5.10 Å². The molecule has 0 aliphatic carbocycles. The van der Waals surface area contributed by atoms with Crippen LogP contribution in [0, 0.1) is 0 Å². The standard InChI is InChI=1S/C19H14N4O2/c24-17-7-3-5-12-8-9-14(21-18(12)17)11-20-23-19(25)16-10-13-4-1-2-6-15(13)22-16/h1-11,22,24H,(H,23,25). The van der Waals surface area contributed by atoms with Gasteiger partial charge in [-0.1, -0.05) is 36.4 Å². The number of H-pyrrole nitrogens is 1. The van der Waals surface area contributed by atoms with E-state index in [1.807, 2.05) is 36.4 Å². The molecule has 2 aromatic carbocycles. The number of aromatic nitrogens is 2. The van der Waals surface area contributed by atoms with E-state index in [0.29, 0.717) is 16.9 Å². The summed E-state index contributed by atoms with van der Waals surface area (Å²) in [6, 6.07) is 18.2. The van der Waals surface area contributed by atoms with Crippen LogP contribution in [-0.4, -0.2) is 27.2 Å². The number of phenols is 1. The highest BCUT2D eigenvalue weighted by atomic mass is 16.3. The van der Waals surface area contributed by atoms with Crippen molar-refractivity contribution in [2.75, 3.05) is 0 Å². The average molecular weight is 330 g/mol. The van der Waals surface area contributed by atoms with Crippen molar-refractivity contribution in [3.63, 3.8) is 0 Å². The number of para-hydroxylation sites is 2. The minimum Gasteiger partial charge on any atom is -0.506 e. The second kappa shape index (κ2) is 6.09. The van der Waals surface area contributed by atoms with E-state index in [9.17, 15) is 9.90 Å². The molecule has 0 saturated heterocycles. The summed E-state index contributed by atoms with van der Waals surface area (Å²) in [6.07, 6.45) is 1.44. The lowest BCUT2D eigenvalue weighted by atomic mass is 10.2. The number of fused-ring (bicyclic) bond motifs is 2. The fourth-order valence-corrected chi connectivity index (χ4v) is 2.63. The molecule has 0 saturated carbocycles. The summed E-state index contributed by atoms with van der Waals surface area (Å²) in [4.78, 5) is 19.5. The number of carbonyl (C=O) groups excluding carboxylic acids is 1. The number of nitrogens with zero attached hydrogens (tertiary/aromatic N) is 2. The number of hydrogen-bond acceptors (Lipinski definition) is 4. The van der Waals surface area contributed by atoms with Crippen molar-refractivity contribution in [3.05, 3.63) is 72.1 Å². The van der Waals surface area contributed by atoms with Gasteiger partial charge in [0.25, 0.3) is 5.91 Å². The third kappa shape index (κ3) is 2.92. The molecule has 1 amide bonds. The van der Waals surface area contributed by atoms with Crippen LogP contribution in [0.3, 0.4) is 0 Å². The van der Waals surface area contributed by atoms with Crippen molar-refractivity contribution in [1.29, 1.82) is 0 Å². The zero-order chi connectivity index (χ0) is 17.2. The van der Waals surface area contributed by atoms with Gasteiger partial charge in [0.15, 0.2) is 0 Å². The number of aromatic hydroxyl groups is 1. The largest absolute Gasteiger partial charge is 0.506 e. The van der Waals surface area contributed by atoms with Crippen LogP contribution >= 0.6 is 0 Å². The van der Waals surface area contributed by atoms with Crippen molar-refractivity contribution in [3.8, 4) is 5.75 Å². The topological polar surface area (TPSA) is 90.4 Å². The molecule has 0 spiro atoms. The maximum absolute atomic E-state index is 12.2. The Bertz CT molecular complexity index is 1080. The van der Waals surface area contributed by atoms with Crippen LogP contribution in [0.15, 0.2) is 65.8 Å². The first-order chi connectivity index (χ1) is 12.2. The predicted octanol–water partition coefficient (Wildman–Crippen LogP) is 3.19. The molecule has 122 valence electrons. The Labute approximate surface area is 142 Å².